The number of para-hydroxylation sites is 4. The summed E-state index contributed by atoms with van der Waals surface area (Å²) in [6.07, 6.45) is 8.67. The minimum absolute atomic E-state index is 0.00171. The standard InChI is InChI=1S/C64H37N5O/c65-36-51-62(67-53-24-10-5-19-43(53)44-20-6-11-25-54(44)67)52(37-66)64(69-56-27-13-8-22-46(56)49-32-39-16-2-4-18-41(39)35-58(49)69)61(42-29-30-60-50(33-42)47-23-9-14-28-59(47)70-60)63(51)68-55-26-12-7-21-45(55)48-31-38-15-1-3-17-40(38)34-57(48)68/h1-35,43,53H. The maximum atomic E-state index is 12.3. The van der Waals surface area contributed by atoms with Crippen LogP contribution in [0, 0.1) is 22.7 Å². The van der Waals surface area contributed by atoms with Crippen molar-refractivity contribution in [3.05, 3.63) is 229 Å². The Morgan fingerprint density at radius 3 is 1.56 bits per heavy atom. The molecule has 0 saturated heterocycles. The highest BCUT2D eigenvalue weighted by Crippen LogP contribution is 2.55. The molecule has 0 amide bonds. The molecule has 324 valence electrons. The van der Waals surface area contributed by atoms with Gasteiger partial charge in [0.1, 0.15) is 34.4 Å². The van der Waals surface area contributed by atoms with Crippen LogP contribution in [0.1, 0.15) is 22.6 Å². The van der Waals surface area contributed by atoms with E-state index in [0.717, 1.165) is 109 Å². The SMILES string of the molecule is N#Cc1c(N2c3ccccc3C3C=CC=CC32)c(C#N)c(-n2c3ccccc3c3cc4ccccc4cc32)c(-c2ccc3oc4ccccc4c3c2)c1-n1c2ccccc2c2cc3ccccc3cc21. The highest BCUT2D eigenvalue weighted by Gasteiger charge is 2.42. The van der Waals surface area contributed by atoms with Crippen LogP contribution in [-0.4, -0.2) is 15.2 Å². The fraction of sp³-hybridized carbons (Fsp3) is 0.0312. The van der Waals surface area contributed by atoms with Crippen molar-refractivity contribution >= 4 is 98.5 Å². The van der Waals surface area contributed by atoms with Crippen LogP contribution in [0.2, 0.25) is 0 Å². The number of anilines is 2. The minimum atomic E-state index is -0.203. The minimum Gasteiger partial charge on any atom is -0.456 e. The third-order valence-corrected chi connectivity index (χ3v) is 15.0. The second-order valence-electron chi connectivity index (χ2n) is 18.6. The highest BCUT2D eigenvalue weighted by atomic mass is 16.3. The summed E-state index contributed by atoms with van der Waals surface area (Å²) in [5, 5.41) is 35.3. The Labute approximate surface area is 401 Å². The van der Waals surface area contributed by atoms with Crippen LogP contribution in [0.15, 0.2) is 217 Å². The molecule has 6 heteroatoms. The maximum absolute atomic E-state index is 12.3. The van der Waals surface area contributed by atoms with E-state index in [1.807, 2.05) is 24.3 Å². The molecule has 6 nitrogen and oxygen atoms in total. The van der Waals surface area contributed by atoms with Crippen molar-refractivity contribution in [1.82, 2.24) is 9.13 Å². The van der Waals surface area contributed by atoms with Gasteiger partial charge in [-0.2, -0.15) is 10.5 Å². The number of benzene rings is 10. The Morgan fingerprint density at radius 1 is 0.414 bits per heavy atom. The molecular weight excluding hydrogens is 855 g/mol. The summed E-state index contributed by atoms with van der Waals surface area (Å²) in [6, 6.07) is 71.6. The van der Waals surface area contributed by atoms with Crippen molar-refractivity contribution in [2.45, 2.75) is 12.0 Å². The van der Waals surface area contributed by atoms with Gasteiger partial charge < -0.3 is 18.5 Å². The summed E-state index contributed by atoms with van der Waals surface area (Å²) < 4.78 is 11.1. The molecule has 0 spiro atoms. The fourth-order valence-corrected chi connectivity index (χ4v) is 12.1. The Balaban J connectivity index is 1.22. The third kappa shape index (κ3) is 5.19. The summed E-state index contributed by atoms with van der Waals surface area (Å²) >= 11 is 0. The second kappa shape index (κ2) is 14.4. The van der Waals surface area contributed by atoms with Gasteiger partial charge in [-0.1, -0.05) is 152 Å². The zero-order chi connectivity index (χ0) is 46.2. The molecule has 0 bridgehead atoms. The van der Waals surface area contributed by atoms with Gasteiger partial charge in [-0.3, -0.25) is 0 Å². The first kappa shape index (κ1) is 38.5. The van der Waals surface area contributed by atoms with Crippen molar-refractivity contribution < 1.29 is 4.42 Å². The number of hydrogen-bond acceptors (Lipinski definition) is 4. The molecule has 13 aromatic rings. The van der Waals surface area contributed by atoms with Crippen LogP contribution in [0.25, 0.3) is 110 Å². The van der Waals surface area contributed by atoms with E-state index in [9.17, 15) is 10.5 Å². The number of nitriles is 2. The maximum Gasteiger partial charge on any atom is 0.135 e. The highest BCUT2D eigenvalue weighted by molar-refractivity contribution is 6.18. The molecule has 70 heavy (non-hydrogen) atoms. The summed E-state index contributed by atoms with van der Waals surface area (Å²) in [5.41, 5.74) is 11.9. The predicted molar refractivity (Wildman–Crippen MR) is 286 cm³/mol. The fourth-order valence-electron chi connectivity index (χ4n) is 12.1. The lowest BCUT2D eigenvalue weighted by Crippen LogP contribution is -2.30. The van der Waals surface area contributed by atoms with Gasteiger partial charge in [0.05, 0.1) is 45.2 Å². The van der Waals surface area contributed by atoms with Gasteiger partial charge in [0.25, 0.3) is 0 Å². The molecule has 10 aromatic carbocycles. The Kier molecular flexibility index (Phi) is 7.94. The molecule has 0 radical (unpaired) electrons. The molecular formula is C64H37N5O. The van der Waals surface area contributed by atoms with Crippen molar-refractivity contribution in [3.63, 3.8) is 0 Å². The Hall–Kier alpha value is -9.62. The molecule has 2 aliphatic rings. The first-order chi connectivity index (χ1) is 34.7. The average Bonchev–Trinajstić information content (AvgIpc) is 4.15. The van der Waals surface area contributed by atoms with E-state index in [1.165, 1.54) is 0 Å². The molecule has 0 N–H and O–H groups in total. The first-order valence-electron chi connectivity index (χ1n) is 23.7. The number of furan rings is 1. The van der Waals surface area contributed by atoms with Gasteiger partial charge in [-0.25, -0.2) is 0 Å². The first-order valence-corrected chi connectivity index (χ1v) is 23.7. The smallest absolute Gasteiger partial charge is 0.135 e. The van der Waals surface area contributed by atoms with E-state index in [1.54, 1.807) is 0 Å². The Bertz CT molecular complexity index is 4410. The van der Waals surface area contributed by atoms with Crippen LogP contribution in [0.3, 0.4) is 0 Å². The van der Waals surface area contributed by atoms with E-state index in [0.29, 0.717) is 28.2 Å². The van der Waals surface area contributed by atoms with Crippen molar-refractivity contribution in [2.75, 3.05) is 4.90 Å². The number of nitrogens with zero attached hydrogens (tertiary/aromatic N) is 5. The van der Waals surface area contributed by atoms with E-state index in [4.69, 9.17) is 4.42 Å². The topological polar surface area (TPSA) is 73.8 Å². The number of hydrogen-bond donors (Lipinski definition) is 0. The molecule has 3 aromatic heterocycles. The monoisotopic (exact) mass is 891 g/mol. The third-order valence-electron chi connectivity index (χ3n) is 15.0. The van der Waals surface area contributed by atoms with Crippen LogP contribution < -0.4 is 4.90 Å². The Morgan fingerprint density at radius 2 is 0.929 bits per heavy atom. The number of allylic oxidation sites excluding steroid dienone is 2. The summed E-state index contributed by atoms with van der Waals surface area (Å²) in [7, 11) is 0. The van der Waals surface area contributed by atoms with Crippen molar-refractivity contribution in [2.24, 2.45) is 0 Å². The lowest BCUT2D eigenvalue weighted by atomic mass is 9.89. The van der Waals surface area contributed by atoms with Crippen LogP contribution in [0.5, 0.6) is 0 Å². The van der Waals surface area contributed by atoms with Gasteiger partial charge in [-0.15, -0.1) is 0 Å². The van der Waals surface area contributed by atoms with Crippen LogP contribution in [0.4, 0.5) is 11.4 Å². The van der Waals surface area contributed by atoms with E-state index in [2.05, 4.69) is 214 Å². The zero-order valence-corrected chi connectivity index (χ0v) is 37.5. The largest absolute Gasteiger partial charge is 0.456 e. The number of fused-ring (bicyclic) bond motifs is 14. The lowest BCUT2D eigenvalue weighted by molar-refractivity contribution is 0.669. The van der Waals surface area contributed by atoms with Crippen molar-refractivity contribution in [1.29, 1.82) is 10.5 Å². The predicted octanol–water partition coefficient (Wildman–Crippen LogP) is 16.2. The van der Waals surface area contributed by atoms with Crippen molar-refractivity contribution in [3.8, 4) is 34.6 Å². The molecule has 0 saturated carbocycles. The van der Waals surface area contributed by atoms with Gasteiger partial charge in [0.2, 0.25) is 0 Å². The van der Waals surface area contributed by atoms with E-state index < -0.39 is 0 Å². The van der Waals surface area contributed by atoms with E-state index in [-0.39, 0.29) is 12.0 Å². The van der Waals surface area contributed by atoms with Gasteiger partial charge in [-0.05, 0) is 93.3 Å². The molecule has 2 atom stereocenters. The normalized spacial score (nSPS) is 15.3. The van der Waals surface area contributed by atoms with Crippen LogP contribution in [-0.2, 0) is 0 Å². The molecule has 1 aliphatic heterocycles. The lowest BCUT2D eigenvalue weighted by Gasteiger charge is -2.33. The number of rotatable bonds is 4. The molecule has 2 unspecified atom stereocenters. The van der Waals surface area contributed by atoms with Gasteiger partial charge in [0.15, 0.2) is 0 Å². The summed E-state index contributed by atoms with van der Waals surface area (Å²) in [5.74, 6) is 0.00171. The van der Waals surface area contributed by atoms with Gasteiger partial charge >= 0.3 is 0 Å². The summed E-state index contributed by atoms with van der Waals surface area (Å²) in [6.45, 7) is 0. The molecule has 1 aliphatic carbocycles. The number of aromatic nitrogens is 2. The molecule has 4 heterocycles. The van der Waals surface area contributed by atoms with Crippen LogP contribution >= 0.6 is 0 Å². The zero-order valence-electron chi connectivity index (χ0n) is 37.5. The second-order valence-corrected chi connectivity index (χ2v) is 18.6. The average molecular weight is 892 g/mol. The summed E-state index contributed by atoms with van der Waals surface area (Å²) in [4.78, 5) is 2.28. The van der Waals surface area contributed by atoms with Gasteiger partial charge in [0, 0.05) is 49.5 Å². The molecule has 0 fully saturated rings. The molecule has 15 rings (SSSR count). The van der Waals surface area contributed by atoms with E-state index >= 15 is 0 Å². The quantitative estimate of drug-likeness (QED) is 0.176.